The predicted molar refractivity (Wildman–Crippen MR) is 82.0 cm³/mol. The van der Waals surface area contributed by atoms with Crippen molar-refractivity contribution >= 4 is 34.8 Å². The Kier molecular flexibility index (Phi) is 3.99. The average Bonchev–Trinajstić information content (AvgIpc) is 2.46. The van der Waals surface area contributed by atoms with Gasteiger partial charge in [-0.1, -0.05) is 23.2 Å². The number of nitrogens with zero attached hydrogens (tertiary/aromatic N) is 1. The van der Waals surface area contributed by atoms with Crippen molar-refractivity contribution in [2.75, 3.05) is 5.32 Å². The third-order valence-corrected chi connectivity index (χ3v) is 3.82. The van der Waals surface area contributed by atoms with Crippen LogP contribution >= 0.6 is 23.2 Å². The molecule has 0 aliphatic carbocycles. The Morgan fingerprint density at radius 1 is 1.24 bits per heavy atom. The van der Waals surface area contributed by atoms with Gasteiger partial charge in [-0.25, -0.2) is 4.98 Å². The van der Waals surface area contributed by atoms with Gasteiger partial charge >= 0.3 is 0 Å². The largest absolute Gasteiger partial charge is 0.489 e. The normalized spacial score (nSPS) is 13.5. The predicted octanol–water partition coefficient (Wildman–Crippen LogP) is 3.85. The fraction of sp³-hybridized carbons (Fsp3) is 0.200. The lowest BCUT2D eigenvalue weighted by Gasteiger charge is -2.17. The maximum absolute atomic E-state index is 11.3. The molecule has 0 saturated carbocycles. The number of hydrogen-bond donors (Lipinski definition) is 1. The molecule has 0 saturated heterocycles. The molecule has 2 aromatic rings. The molecule has 0 spiro atoms. The van der Waals surface area contributed by atoms with Gasteiger partial charge in [0.05, 0.1) is 5.02 Å². The Labute approximate surface area is 132 Å². The van der Waals surface area contributed by atoms with Gasteiger partial charge in [-0.05, 0) is 36.2 Å². The fourth-order valence-corrected chi connectivity index (χ4v) is 2.57. The van der Waals surface area contributed by atoms with Gasteiger partial charge in [0.15, 0.2) is 0 Å². The van der Waals surface area contributed by atoms with Crippen LogP contribution in [0.5, 0.6) is 5.75 Å². The van der Waals surface area contributed by atoms with Crippen LogP contribution in [0.15, 0.2) is 30.5 Å². The topological polar surface area (TPSA) is 51.2 Å². The van der Waals surface area contributed by atoms with E-state index in [1.807, 2.05) is 18.2 Å². The van der Waals surface area contributed by atoms with Crippen molar-refractivity contribution in [1.29, 1.82) is 0 Å². The highest BCUT2D eigenvalue weighted by Crippen LogP contribution is 2.28. The Morgan fingerprint density at radius 2 is 2.10 bits per heavy atom. The first kappa shape index (κ1) is 14.2. The minimum absolute atomic E-state index is 0.0511. The lowest BCUT2D eigenvalue weighted by atomic mass is 10.0. The van der Waals surface area contributed by atoms with Crippen molar-refractivity contribution in [3.8, 4) is 5.75 Å². The summed E-state index contributed by atoms with van der Waals surface area (Å²) in [7, 11) is 0. The minimum Gasteiger partial charge on any atom is -0.489 e. The summed E-state index contributed by atoms with van der Waals surface area (Å²) in [6.45, 7) is 0.314. The Hall–Kier alpha value is -1.78. The molecule has 0 radical (unpaired) electrons. The number of pyridine rings is 1. The molecule has 1 amide bonds. The molecule has 1 aliphatic heterocycles. The number of benzene rings is 1. The van der Waals surface area contributed by atoms with Crippen LogP contribution in [-0.4, -0.2) is 10.9 Å². The minimum atomic E-state index is 0.0511. The van der Waals surface area contributed by atoms with Crippen LogP contribution in [0.4, 0.5) is 5.69 Å². The number of carbonyl (C=O) groups is 1. The summed E-state index contributed by atoms with van der Waals surface area (Å²) < 4.78 is 5.73. The van der Waals surface area contributed by atoms with Crippen LogP contribution in [0.25, 0.3) is 0 Å². The van der Waals surface area contributed by atoms with Gasteiger partial charge in [0.25, 0.3) is 0 Å². The second kappa shape index (κ2) is 5.92. The molecule has 0 unspecified atom stereocenters. The molecule has 3 rings (SSSR count). The van der Waals surface area contributed by atoms with Crippen molar-refractivity contribution in [3.05, 3.63) is 51.8 Å². The molecule has 1 aromatic heterocycles. The highest BCUT2D eigenvalue weighted by molar-refractivity contribution is 6.34. The first-order chi connectivity index (χ1) is 10.1. The summed E-state index contributed by atoms with van der Waals surface area (Å²) in [4.78, 5) is 15.3. The quantitative estimate of drug-likeness (QED) is 0.873. The third-order valence-electron chi connectivity index (χ3n) is 3.26. The molecule has 1 N–H and O–H groups in total. The number of ether oxygens (including phenoxy) is 1. The molecule has 108 valence electrons. The van der Waals surface area contributed by atoms with Crippen LogP contribution < -0.4 is 10.1 Å². The van der Waals surface area contributed by atoms with E-state index in [-0.39, 0.29) is 5.91 Å². The summed E-state index contributed by atoms with van der Waals surface area (Å²) in [6.07, 6.45) is 2.83. The molecular formula is C15H12Cl2N2O2. The van der Waals surface area contributed by atoms with Crippen molar-refractivity contribution in [1.82, 2.24) is 4.98 Å². The standard InChI is InChI=1S/C15H12Cl2N2O2/c16-12-6-14(17)18-7-10(12)8-21-11-2-3-13-9(5-11)1-4-15(20)19-13/h2-3,5-7H,1,4,8H2,(H,19,20). The highest BCUT2D eigenvalue weighted by Gasteiger charge is 2.15. The zero-order chi connectivity index (χ0) is 14.8. The van der Waals surface area contributed by atoms with Crippen molar-refractivity contribution < 1.29 is 9.53 Å². The number of carbonyl (C=O) groups excluding carboxylic acids is 1. The average molecular weight is 323 g/mol. The Morgan fingerprint density at radius 3 is 2.90 bits per heavy atom. The van der Waals surface area contributed by atoms with Gasteiger partial charge in [0.1, 0.15) is 17.5 Å². The summed E-state index contributed by atoms with van der Waals surface area (Å²) in [6, 6.07) is 7.20. The zero-order valence-electron chi connectivity index (χ0n) is 11.0. The smallest absolute Gasteiger partial charge is 0.224 e. The van der Waals surface area contributed by atoms with E-state index in [4.69, 9.17) is 27.9 Å². The molecule has 21 heavy (non-hydrogen) atoms. The van der Waals surface area contributed by atoms with Crippen molar-refractivity contribution in [2.24, 2.45) is 0 Å². The van der Waals surface area contributed by atoms with Crippen LogP contribution in [0.1, 0.15) is 17.5 Å². The number of aryl methyl sites for hydroxylation is 1. The van der Waals surface area contributed by atoms with E-state index >= 15 is 0 Å². The van der Waals surface area contributed by atoms with E-state index < -0.39 is 0 Å². The van der Waals surface area contributed by atoms with E-state index in [0.717, 1.165) is 29.0 Å². The Balaban J connectivity index is 1.72. The van der Waals surface area contributed by atoms with E-state index in [2.05, 4.69) is 10.3 Å². The van der Waals surface area contributed by atoms with Crippen LogP contribution in [0.3, 0.4) is 0 Å². The van der Waals surface area contributed by atoms with Gasteiger partial charge in [-0.2, -0.15) is 0 Å². The first-order valence-corrected chi connectivity index (χ1v) is 7.23. The molecule has 0 atom stereocenters. The fourth-order valence-electron chi connectivity index (χ4n) is 2.15. The van der Waals surface area contributed by atoms with Crippen LogP contribution in [-0.2, 0) is 17.8 Å². The molecule has 0 fully saturated rings. The number of nitrogens with one attached hydrogen (secondary N) is 1. The van der Waals surface area contributed by atoms with E-state index in [1.165, 1.54) is 0 Å². The summed E-state index contributed by atoms with van der Waals surface area (Å²) in [5, 5.41) is 3.72. The van der Waals surface area contributed by atoms with Crippen molar-refractivity contribution in [3.63, 3.8) is 0 Å². The lowest BCUT2D eigenvalue weighted by molar-refractivity contribution is -0.116. The van der Waals surface area contributed by atoms with Gasteiger partial charge in [0.2, 0.25) is 5.91 Å². The van der Waals surface area contributed by atoms with Gasteiger partial charge < -0.3 is 10.1 Å². The molecule has 4 nitrogen and oxygen atoms in total. The number of anilines is 1. The number of aromatic nitrogens is 1. The van der Waals surface area contributed by atoms with Gasteiger partial charge in [-0.3, -0.25) is 4.79 Å². The zero-order valence-corrected chi connectivity index (χ0v) is 12.5. The van der Waals surface area contributed by atoms with Crippen molar-refractivity contribution in [2.45, 2.75) is 19.4 Å². The van der Waals surface area contributed by atoms with Gasteiger partial charge in [-0.15, -0.1) is 0 Å². The number of halogens is 2. The number of amides is 1. The van der Waals surface area contributed by atoms with Gasteiger partial charge in [0, 0.05) is 23.9 Å². The maximum atomic E-state index is 11.3. The van der Waals surface area contributed by atoms with Crippen LogP contribution in [0.2, 0.25) is 10.2 Å². The molecule has 0 bridgehead atoms. The SMILES string of the molecule is O=C1CCc2cc(OCc3cnc(Cl)cc3Cl)ccc2N1. The van der Waals surface area contributed by atoms with Crippen LogP contribution in [0, 0.1) is 0 Å². The number of rotatable bonds is 3. The maximum Gasteiger partial charge on any atom is 0.224 e. The number of fused-ring (bicyclic) bond motifs is 1. The summed E-state index contributed by atoms with van der Waals surface area (Å²) >= 11 is 11.8. The second-order valence-electron chi connectivity index (χ2n) is 4.75. The third kappa shape index (κ3) is 3.28. The molecule has 1 aliphatic rings. The second-order valence-corrected chi connectivity index (χ2v) is 5.55. The van der Waals surface area contributed by atoms with E-state index in [0.29, 0.717) is 23.2 Å². The lowest BCUT2D eigenvalue weighted by Crippen LogP contribution is -2.18. The monoisotopic (exact) mass is 322 g/mol. The molecular weight excluding hydrogens is 311 g/mol. The molecule has 6 heteroatoms. The van der Waals surface area contributed by atoms with E-state index in [9.17, 15) is 4.79 Å². The number of hydrogen-bond acceptors (Lipinski definition) is 3. The Bertz CT molecular complexity index is 704. The summed E-state index contributed by atoms with van der Waals surface area (Å²) in [5.74, 6) is 0.783. The molecule has 1 aromatic carbocycles. The van der Waals surface area contributed by atoms with E-state index in [1.54, 1.807) is 12.3 Å². The highest BCUT2D eigenvalue weighted by atomic mass is 35.5. The summed E-state index contributed by atoms with van der Waals surface area (Å²) in [5.41, 5.74) is 2.70. The molecule has 2 heterocycles. The first-order valence-electron chi connectivity index (χ1n) is 6.47.